The third-order valence-electron chi connectivity index (χ3n) is 3.72. The number of ether oxygens (including phenoxy) is 3. The van der Waals surface area contributed by atoms with Crippen molar-refractivity contribution in [1.82, 2.24) is 15.3 Å². The molecule has 1 fully saturated rings. The van der Waals surface area contributed by atoms with E-state index in [1.54, 1.807) is 0 Å². The van der Waals surface area contributed by atoms with Gasteiger partial charge in [-0.25, -0.2) is 4.39 Å². The van der Waals surface area contributed by atoms with E-state index in [0.717, 1.165) is 17.8 Å². The summed E-state index contributed by atoms with van der Waals surface area (Å²) in [5.41, 5.74) is -0.340. The molecule has 1 unspecified atom stereocenters. The van der Waals surface area contributed by atoms with E-state index in [1.807, 2.05) is 0 Å². The van der Waals surface area contributed by atoms with Crippen molar-refractivity contribution in [3.05, 3.63) is 35.6 Å². The topological polar surface area (TPSA) is 99.6 Å². The Morgan fingerprint density at radius 3 is 2.56 bits per heavy atom. The number of halogens is 1. The minimum Gasteiger partial charge on any atom is -0.481 e. The number of aromatic nitrogens is 2. The summed E-state index contributed by atoms with van der Waals surface area (Å²) in [6.07, 6.45) is 0.496. The smallest absolute Gasteiger partial charge is 0.328 e. The summed E-state index contributed by atoms with van der Waals surface area (Å²) in [5.74, 6) is -0.680. The van der Waals surface area contributed by atoms with Gasteiger partial charge in [-0.2, -0.15) is 9.97 Å². The standard InChI is InChI=1S/C17H16FN3O5S/c1-24-12-8-13(25-2)21-17(20-12)26-11-5-3-4-9(18)14(11)15(22)19-10-6-7-27-16(10)23/h3-5,8,10H,6-7H2,1-2H3,(H,19,22). The molecular formula is C17H16FN3O5S. The highest BCUT2D eigenvalue weighted by Crippen LogP contribution is 2.29. The lowest BCUT2D eigenvalue weighted by Gasteiger charge is -2.14. The molecule has 142 valence electrons. The van der Waals surface area contributed by atoms with Crippen molar-refractivity contribution < 1.29 is 28.2 Å². The van der Waals surface area contributed by atoms with Crippen molar-refractivity contribution in [3.8, 4) is 23.5 Å². The molecule has 27 heavy (non-hydrogen) atoms. The first kappa shape index (κ1) is 18.9. The number of thioether (sulfide) groups is 1. The monoisotopic (exact) mass is 393 g/mol. The van der Waals surface area contributed by atoms with Gasteiger partial charge in [0, 0.05) is 5.75 Å². The summed E-state index contributed by atoms with van der Waals surface area (Å²) in [4.78, 5) is 32.2. The van der Waals surface area contributed by atoms with E-state index in [2.05, 4.69) is 15.3 Å². The first-order valence-electron chi connectivity index (χ1n) is 7.92. The SMILES string of the molecule is COc1cc(OC)nc(Oc2cccc(F)c2C(=O)NC2CCSC2=O)n1. The quantitative estimate of drug-likeness (QED) is 0.797. The van der Waals surface area contributed by atoms with E-state index < -0.39 is 17.8 Å². The predicted octanol–water partition coefficient (Wildman–Crippen LogP) is 2.19. The Balaban J connectivity index is 1.89. The molecule has 0 saturated carbocycles. The fraction of sp³-hybridized carbons (Fsp3) is 0.294. The Kier molecular flexibility index (Phi) is 5.75. The third kappa shape index (κ3) is 4.27. The van der Waals surface area contributed by atoms with Crippen LogP contribution in [-0.4, -0.2) is 47.0 Å². The van der Waals surface area contributed by atoms with Gasteiger partial charge in [0.05, 0.1) is 26.3 Å². The Hall–Kier alpha value is -2.88. The van der Waals surface area contributed by atoms with Gasteiger partial charge in [0.1, 0.15) is 17.1 Å². The zero-order chi connectivity index (χ0) is 19.4. The van der Waals surface area contributed by atoms with Crippen LogP contribution in [0.4, 0.5) is 4.39 Å². The van der Waals surface area contributed by atoms with Gasteiger partial charge < -0.3 is 19.5 Å². The van der Waals surface area contributed by atoms with Crippen molar-refractivity contribution in [1.29, 1.82) is 0 Å². The summed E-state index contributed by atoms with van der Waals surface area (Å²) in [6.45, 7) is 0. The normalized spacial score (nSPS) is 16.1. The molecule has 2 aromatic rings. The highest BCUT2D eigenvalue weighted by atomic mass is 32.2. The van der Waals surface area contributed by atoms with E-state index >= 15 is 0 Å². The summed E-state index contributed by atoms with van der Waals surface area (Å²) in [7, 11) is 2.81. The number of hydrogen-bond acceptors (Lipinski definition) is 8. The second-order valence-electron chi connectivity index (χ2n) is 5.43. The molecule has 1 aliphatic heterocycles. The largest absolute Gasteiger partial charge is 0.481 e. The Morgan fingerprint density at radius 1 is 1.26 bits per heavy atom. The van der Waals surface area contributed by atoms with Gasteiger partial charge in [-0.3, -0.25) is 9.59 Å². The molecule has 0 aliphatic carbocycles. The van der Waals surface area contributed by atoms with Gasteiger partial charge in [0.15, 0.2) is 0 Å². The van der Waals surface area contributed by atoms with E-state index in [4.69, 9.17) is 14.2 Å². The number of rotatable bonds is 6. The van der Waals surface area contributed by atoms with E-state index in [1.165, 1.54) is 32.4 Å². The van der Waals surface area contributed by atoms with Crippen molar-refractivity contribution >= 4 is 22.8 Å². The van der Waals surface area contributed by atoms with Crippen LogP contribution in [0.5, 0.6) is 23.5 Å². The number of methoxy groups -OCH3 is 2. The number of benzene rings is 1. The van der Waals surface area contributed by atoms with Crippen LogP contribution < -0.4 is 19.5 Å². The molecule has 1 aromatic heterocycles. The summed E-state index contributed by atoms with van der Waals surface area (Å²) >= 11 is 1.14. The average molecular weight is 393 g/mol. The average Bonchev–Trinajstić information content (AvgIpc) is 3.06. The molecule has 0 bridgehead atoms. The summed E-state index contributed by atoms with van der Waals surface area (Å²) in [5, 5.41) is 2.39. The van der Waals surface area contributed by atoms with Gasteiger partial charge in [0.25, 0.3) is 5.91 Å². The van der Waals surface area contributed by atoms with Crippen molar-refractivity contribution in [2.45, 2.75) is 12.5 Å². The number of hydrogen-bond donors (Lipinski definition) is 1. The first-order valence-corrected chi connectivity index (χ1v) is 8.91. The molecule has 1 N–H and O–H groups in total. The van der Waals surface area contributed by atoms with Crippen molar-refractivity contribution in [3.63, 3.8) is 0 Å². The van der Waals surface area contributed by atoms with Crippen molar-refractivity contribution in [2.24, 2.45) is 0 Å². The lowest BCUT2D eigenvalue weighted by Crippen LogP contribution is -2.37. The van der Waals surface area contributed by atoms with Crippen LogP contribution >= 0.6 is 11.8 Å². The first-order chi connectivity index (χ1) is 13.0. The van der Waals surface area contributed by atoms with Gasteiger partial charge in [-0.05, 0) is 18.6 Å². The molecule has 0 spiro atoms. The molecule has 1 saturated heterocycles. The van der Waals surface area contributed by atoms with Crippen LogP contribution in [0.3, 0.4) is 0 Å². The summed E-state index contributed by atoms with van der Waals surface area (Å²) < 4.78 is 29.9. The molecular weight excluding hydrogens is 377 g/mol. The Morgan fingerprint density at radius 2 is 1.96 bits per heavy atom. The zero-order valence-corrected chi connectivity index (χ0v) is 15.3. The molecule has 1 atom stereocenters. The van der Waals surface area contributed by atoms with E-state index in [-0.39, 0.29) is 34.2 Å². The van der Waals surface area contributed by atoms with Gasteiger partial charge in [-0.15, -0.1) is 0 Å². The van der Waals surface area contributed by atoms with Crippen LogP contribution in [-0.2, 0) is 4.79 Å². The number of nitrogens with zero attached hydrogens (tertiary/aromatic N) is 2. The Bertz CT molecular complexity index is 857. The maximum atomic E-state index is 14.3. The molecule has 2 heterocycles. The minimum atomic E-state index is -0.794. The van der Waals surface area contributed by atoms with Crippen LogP contribution in [0.2, 0.25) is 0 Å². The Labute approximate surface area is 158 Å². The maximum Gasteiger partial charge on any atom is 0.328 e. The summed E-state index contributed by atoms with van der Waals surface area (Å²) in [6, 6.07) is 4.52. The number of nitrogens with one attached hydrogen (secondary N) is 1. The zero-order valence-electron chi connectivity index (χ0n) is 14.5. The van der Waals surface area contributed by atoms with Crippen LogP contribution in [0.15, 0.2) is 24.3 Å². The number of carbonyl (C=O) groups excluding carboxylic acids is 2. The van der Waals surface area contributed by atoms with Crippen LogP contribution in [0, 0.1) is 5.82 Å². The van der Waals surface area contributed by atoms with Crippen molar-refractivity contribution in [2.75, 3.05) is 20.0 Å². The van der Waals surface area contributed by atoms with Crippen LogP contribution in [0.1, 0.15) is 16.8 Å². The van der Waals surface area contributed by atoms with Crippen LogP contribution in [0.25, 0.3) is 0 Å². The lowest BCUT2D eigenvalue weighted by atomic mass is 10.1. The van der Waals surface area contributed by atoms with Gasteiger partial charge >= 0.3 is 6.01 Å². The van der Waals surface area contributed by atoms with E-state index in [0.29, 0.717) is 12.2 Å². The van der Waals surface area contributed by atoms with Gasteiger partial charge in [0.2, 0.25) is 16.9 Å². The molecule has 10 heteroatoms. The molecule has 3 rings (SSSR count). The number of amides is 1. The fourth-order valence-corrected chi connectivity index (χ4v) is 3.34. The second-order valence-corrected chi connectivity index (χ2v) is 6.53. The number of carbonyl (C=O) groups is 2. The maximum absolute atomic E-state index is 14.3. The molecule has 1 aliphatic rings. The molecule has 1 aromatic carbocycles. The third-order valence-corrected chi connectivity index (χ3v) is 4.73. The molecule has 0 radical (unpaired) electrons. The minimum absolute atomic E-state index is 0.0964. The highest BCUT2D eigenvalue weighted by molar-refractivity contribution is 8.14. The highest BCUT2D eigenvalue weighted by Gasteiger charge is 2.29. The van der Waals surface area contributed by atoms with Gasteiger partial charge in [-0.1, -0.05) is 17.8 Å². The lowest BCUT2D eigenvalue weighted by molar-refractivity contribution is -0.112. The molecule has 1 amide bonds. The van der Waals surface area contributed by atoms with E-state index in [9.17, 15) is 14.0 Å². The fourth-order valence-electron chi connectivity index (χ4n) is 2.40. The molecule has 8 nitrogen and oxygen atoms in total. The second kappa shape index (κ2) is 8.21. The predicted molar refractivity (Wildman–Crippen MR) is 94.9 cm³/mol.